The first-order chi connectivity index (χ1) is 4.67. The molecule has 0 aromatic carbocycles. The largest absolute Gasteiger partial charge is 0.464 e. The van der Waals surface area contributed by atoms with E-state index < -0.39 is 5.79 Å². The second-order valence-corrected chi connectivity index (χ2v) is 2.16. The molecular weight excluding hydrogens is 132 g/mol. The summed E-state index contributed by atoms with van der Waals surface area (Å²) >= 11 is 0. The molecule has 10 heavy (non-hydrogen) atoms. The normalized spacial score (nSPS) is 16.7. The lowest BCUT2D eigenvalue weighted by Gasteiger charge is -2.17. The van der Waals surface area contributed by atoms with Crippen LogP contribution in [0.25, 0.3) is 0 Å². The van der Waals surface area contributed by atoms with E-state index >= 15 is 0 Å². The highest BCUT2D eigenvalue weighted by Gasteiger charge is 2.24. The van der Waals surface area contributed by atoms with E-state index in [2.05, 4.69) is 0 Å². The van der Waals surface area contributed by atoms with Gasteiger partial charge in [0, 0.05) is 7.11 Å². The van der Waals surface area contributed by atoms with Crippen molar-refractivity contribution in [2.24, 2.45) is 0 Å². The van der Waals surface area contributed by atoms with Crippen LogP contribution in [0.5, 0.6) is 0 Å². The van der Waals surface area contributed by atoms with Gasteiger partial charge in [0.25, 0.3) is 0 Å². The summed E-state index contributed by atoms with van der Waals surface area (Å²) in [7, 11) is 1.42. The Bertz CT molecular complexity index is 189. The minimum Gasteiger partial charge on any atom is -0.464 e. The third-order valence-corrected chi connectivity index (χ3v) is 1.38. The van der Waals surface area contributed by atoms with Gasteiger partial charge in [-0.25, -0.2) is 0 Å². The Morgan fingerprint density at radius 2 is 2.40 bits per heavy atom. The Balaban J connectivity index is 2.85. The van der Waals surface area contributed by atoms with Crippen LogP contribution < -0.4 is 0 Å². The third kappa shape index (κ3) is 1.20. The van der Waals surface area contributed by atoms with Gasteiger partial charge in [-0.1, -0.05) is 0 Å². The van der Waals surface area contributed by atoms with Crippen molar-refractivity contribution in [2.45, 2.75) is 12.7 Å². The molecule has 0 saturated heterocycles. The minimum atomic E-state index is -1.30. The fraction of sp³-hybridized carbons (Fsp3) is 0.429. The number of methoxy groups -OCH3 is 1. The van der Waals surface area contributed by atoms with Gasteiger partial charge in [0.05, 0.1) is 6.26 Å². The summed E-state index contributed by atoms with van der Waals surface area (Å²) < 4.78 is 9.66. The van der Waals surface area contributed by atoms with Gasteiger partial charge in [0.1, 0.15) is 0 Å². The Hall–Kier alpha value is -0.800. The maximum Gasteiger partial charge on any atom is 0.222 e. The molecule has 1 atom stereocenters. The zero-order valence-corrected chi connectivity index (χ0v) is 6.00. The topological polar surface area (TPSA) is 42.6 Å². The van der Waals surface area contributed by atoms with Crippen molar-refractivity contribution in [2.75, 3.05) is 7.11 Å². The van der Waals surface area contributed by atoms with Crippen LogP contribution in [-0.2, 0) is 10.5 Å². The smallest absolute Gasteiger partial charge is 0.222 e. The van der Waals surface area contributed by atoms with Crippen molar-refractivity contribution in [1.82, 2.24) is 0 Å². The highest BCUT2D eigenvalue weighted by molar-refractivity contribution is 5.03. The second kappa shape index (κ2) is 2.44. The number of hydrogen-bond donors (Lipinski definition) is 1. The number of rotatable bonds is 2. The average molecular weight is 142 g/mol. The van der Waals surface area contributed by atoms with E-state index in [1.807, 2.05) is 0 Å². The molecule has 0 bridgehead atoms. The molecule has 0 spiro atoms. The minimum absolute atomic E-state index is 0.412. The lowest BCUT2D eigenvalue weighted by Crippen LogP contribution is -2.22. The highest BCUT2D eigenvalue weighted by Crippen LogP contribution is 2.20. The predicted molar refractivity (Wildman–Crippen MR) is 35.3 cm³/mol. The zero-order chi connectivity index (χ0) is 7.61. The predicted octanol–water partition coefficient (Wildman–Crippen LogP) is 1.09. The highest BCUT2D eigenvalue weighted by atomic mass is 16.6. The van der Waals surface area contributed by atoms with Crippen LogP contribution in [0.3, 0.4) is 0 Å². The van der Waals surface area contributed by atoms with Crippen LogP contribution in [0, 0.1) is 0 Å². The molecule has 1 aromatic heterocycles. The molecular formula is C7H10O3. The molecule has 1 unspecified atom stereocenters. The number of ether oxygens (including phenoxy) is 1. The number of aliphatic hydroxyl groups is 1. The van der Waals surface area contributed by atoms with E-state index in [0.717, 1.165) is 0 Å². The Labute approximate surface area is 59.2 Å². The zero-order valence-electron chi connectivity index (χ0n) is 6.00. The van der Waals surface area contributed by atoms with Crippen molar-refractivity contribution in [3.8, 4) is 0 Å². The molecule has 0 saturated carbocycles. The molecule has 3 nitrogen and oxygen atoms in total. The monoisotopic (exact) mass is 142 g/mol. The summed E-state index contributed by atoms with van der Waals surface area (Å²) in [6.45, 7) is 1.52. The van der Waals surface area contributed by atoms with Crippen LogP contribution in [-0.4, -0.2) is 12.2 Å². The molecule has 0 aliphatic rings. The van der Waals surface area contributed by atoms with Crippen molar-refractivity contribution in [3.63, 3.8) is 0 Å². The van der Waals surface area contributed by atoms with Gasteiger partial charge in [-0.05, 0) is 19.1 Å². The standard InChI is InChI=1S/C7H10O3/c1-7(8,9-2)6-4-3-5-10-6/h3-5,8H,1-2H3. The fourth-order valence-corrected chi connectivity index (χ4v) is 0.643. The summed E-state index contributed by atoms with van der Waals surface area (Å²) in [6.07, 6.45) is 1.49. The summed E-state index contributed by atoms with van der Waals surface area (Å²) in [5.41, 5.74) is 0. The maximum absolute atomic E-state index is 9.37. The quantitative estimate of drug-likeness (QED) is 0.628. The van der Waals surface area contributed by atoms with E-state index in [1.54, 1.807) is 12.1 Å². The first kappa shape index (κ1) is 7.31. The third-order valence-electron chi connectivity index (χ3n) is 1.38. The van der Waals surface area contributed by atoms with Crippen LogP contribution in [0.15, 0.2) is 22.8 Å². The molecule has 1 N–H and O–H groups in total. The molecule has 3 heteroatoms. The summed E-state index contributed by atoms with van der Waals surface area (Å²) in [5.74, 6) is -0.890. The summed E-state index contributed by atoms with van der Waals surface area (Å²) in [4.78, 5) is 0. The van der Waals surface area contributed by atoms with Crippen molar-refractivity contribution in [3.05, 3.63) is 24.2 Å². The van der Waals surface area contributed by atoms with Gasteiger partial charge in [0.2, 0.25) is 5.79 Å². The Kier molecular flexibility index (Phi) is 1.78. The SMILES string of the molecule is COC(C)(O)c1ccco1. The first-order valence-electron chi connectivity index (χ1n) is 2.98. The molecule has 1 rings (SSSR count). The molecule has 0 radical (unpaired) electrons. The fourth-order valence-electron chi connectivity index (χ4n) is 0.643. The summed E-state index contributed by atoms with van der Waals surface area (Å²) in [6, 6.07) is 3.35. The molecule has 56 valence electrons. The Morgan fingerprint density at radius 3 is 2.80 bits per heavy atom. The van der Waals surface area contributed by atoms with E-state index in [9.17, 15) is 5.11 Å². The van der Waals surface area contributed by atoms with Gasteiger partial charge < -0.3 is 14.3 Å². The lowest BCUT2D eigenvalue weighted by atomic mass is 10.2. The van der Waals surface area contributed by atoms with E-state index in [1.165, 1.54) is 20.3 Å². The van der Waals surface area contributed by atoms with Crippen LogP contribution in [0.2, 0.25) is 0 Å². The van der Waals surface area contributed by atoms with Gasteiger partial charge >= 0.3 is 0 Å². The van der Waals surface area contributed by atoms with E-state index in [0.29, 0.717) is 5.76 Å². The molecule has 0 aliphatic heterocycles. The Morgan fingerprint density at radius 1 is 1.70 bits per heavy atom. The van der Waals surface area contributed by atoms with Crippen LogP contribution >= 0.6 is 0 Å². The van der Waals surface area contributed by atoms with Crippen LogP contribution in [0.1, 0.15) is 12.7 Å². The van der Waals surface area contributed by atoms with E-state index in [4.69, 9.17) is 9.15 Å². The molecule has 1 heterocycles. The van der Waals surface area contributed by atoms with Gasteiger partial charge in [0.15, 0.2) is 5.76 Å². The van der Waals surface area contributed by atoms with Crippen molar-refractivity contribution < 1.29 is 14.3 Å². The van der Waals surface area contributed by atoms with Crippen molar-refractivity contribution >= 4 is 0 Å². The lowest BCUT2D eigenvalue weighted by molar-refractivity contribution is -0.191. The van der Waals surface area contributed by atoms with E-state index in [-0.39, 0.29) is 0 Å². The summed E-state index contributed by atoms with van der Waals surface area (Å²) in [5, 5.41) is 9.37. The van der Waals surface area contributed by atoms with Crippen molar-refractivity contribution in [1.29, 1.82) is 0 Å². The molecule has 1 aromatic rings. The maximum atomic E-state index is 9.37. The average Bonchev–Trinajstić information content (AvgIpc) is 2.38. The number of furan rings is 1. The van der Waals surface area contributed by atoms with Gasteiger partial charge in [-0.2, -0.15) is 0 Å². The van der Waals surface area contributed by atoms with Gasteiger partial charge in [-0.3, -0.25) is 0 Å². The molecule has 0 amide bonds. The van der Waals surface area contributed by atoms with Crippen LogP contribution in [0.4, 0.5) is 0 Å². The first-order valence-corrected chi connectivity index (χ1v) is 2.98. The molecule has 0 fully saturated rings. The second-order valence-electron chi connectivity index (χ2n) is 2.16. The number of hydrogen-bond acceptors (Lipinski definition) is 3. The van der Waals surface area contributed by atoms with Gasteiger partial charge in [-0.15, -0.1) is 0 Å². The molecule has 0 aliphatic carbocycles.